The Bertz CT molecular complexity index is 264. The van der Waals surface area contributed by atoms with Crippen molar-refractivity contribution in [3.05, 3.63) is 0 Å². The second-order valence-corrected chi connectivity index (χ2v) is 6.34. The standard InChI is InChI=1S/C16H29NO/c1-2-3-4-5-6-7-10-17-16(18)15-12-13-8-9-14(15)11-13/h13-15H,2-12H2,1H3,(H,17,18)/t13-,14-,15+/m1/s1. The molecule has 0 heterocycles. The molecule has 2 aliphatic rings. The van der Waals surface area contributed by atoms with Crippen LogP contribution in [0.2, 0.25) is 0 Å². The van der Waals surface area contributed by atoms with Gasteiger partial charge in [0, 0.05) is 12.5 Å². The van der Waals surface area contributed by atoms with Gasteiger partial charge in [-0.15, -0.1) is 0 Å². The highest BCUT2D eigenvalue weighted by Crippen LogP contribution is 2.48. The molecule has 2 rings (SSSR count). The van der Waals surface area contributed by atoms with E-state index in [1.807, 2.05) is 0 Å². The van der Waals surface area contributed by atoms with E-state index in [0.29, 0.717) is 11.8 Å². The maximum Gasteiger partial charge on any atom is 0.223 e. The third-order valence-electron chi connectivity index (χ3n) is 4.90. The van der Waals surface area contributed by atoms with E-state index in [9.17, 15) is 4.79 Å². The molecule has 0 saturated heterocycles. The molecule has 0 aliphatic heterocycles. The van der Waals surface area contributed by atoms with Crippen LogP contribution in [0.3, 0.4) is 0 Å². The summed E-state index contributed by atoms with van der Waals surface area (Å²) in [6.07, 6.45) is 13.0. The molecule has 1 amide bonds. The number of hydrogen-bond acceptors (Lipinski definition) is 1. The number of nitrogens with one attached hydrogen (secondary N) is 1. The lowest BCUT2D eigenvalue weighted by Gasteiger charge is -2.20. The topological polar surface area (TPSA) is 29.1 Å². The van der Waals surface area contributed by atoms with Gasteiger partial charge in [-0.1, -0.05) is 45.4 Å². The van der Waals surface area contributed by atoms with Crippen LogP contribution in [-0.2, 0) is 4.79 Å². The summed E-state index contributed by atoms with van der Waals surface area (Å²) < 4.78 is 0. The van der Waals surface area contributed by atoms with Crippen LogP contribution in [0.15, 0.2) is 0 Å². The Morgan fingerprint density at radius 1 is 1.06 bits per heavy atom. The van der Waals surface area contributed by atoms with Crippen LogP contribution in [0, 0.1) is 17.8 Å². The summed E-state index contributed by atoms with van der Waals surface area (Å²) in [5, 5.41) is 3.16. The van der Waals surface area contributed by atoms with E-state index in [-0.39, 0.29) is 0 Å². The molecule has 0 unspecified atom stereocenters. The zero-order valence-corrected chi connectivity index (χ0v) is 11.9. The lowest BCUT2D eigenvalue weighted by atomic mass is 9.88. The average Bonchev–Trinajstić information content (AvgIpc) is 2.99. The van der Waals surface area contributed by atoms with Crippen molar-refractivity contribution in [2.75, 3.05) is 6.54 Å². The fourth-order valence-electron chi connectivity index (χ4n) is 3.81. The molecule has 2 heteroatoms. The average molecular weight is 251 g/mol. The summed E-state index contributed by atoms with van der Waals surface area (Å²) in [6, 6.07) is 0. The number of carbonyl (C=O) groups is 1. The summed E-state index contributed by atoms with van der Waals surface area (Å²) in [5.41, 5.74) is 0. The quantitative estimate of drug-likeness (QED) is 0.651. The zero-order valence-electron chi connectivity index (χ0n) is 11.9. The molecular weight excluding hydrogens is 222 g/mol. The highest BCUT2D eigenvalue weighted by molar-refractivity contribution is 5.79. The number of unbranched alkanes of at least 4 members (excludes halogenated alkanes) is 5. The Kier molecular flexibility index (Phi) is 5.52. The van der Waals surface area contributed by atoms with Crippen LogP contribution in [0.1, 0.15) is 71.1 Å². The lowest BCUT2D eigenvalue weighted by Crippen LogP contribution is -2.34. The first-order valence-electron chi connectivity index (χ1n) is 8.09. The molecule has 104 valence electrons. The van der Waals surface area contributed by atoms with Gasteiger partial charge in [-0.25, -0.2) is 0 Å². The second kappa shape index (κ2) is 7.16. The molecule has 2 fully saturated rings. The van der Waals surface area contributed by atoms with Gasteiger partial charge in [0.15, 0.2) is 0 Å². The lowest BCUT2D eigenvalue weighted by molar-refractivity contribution is -0.126. The van der Waals surface area contributed by atoms with Crippen LogP contribution in [-0.4, -0.2) is 12.5 Å². The van der Waals surface area contributed by atoms with Crippen LogP contribution >= 0.6 is 0 Å². The van der Waals surface area contributed by atoms with Crippen LogP contribution in [0.4, 0.5) is 0 Å². The van der Waals surface area contributed by atoms with E-state index in [1.165, 1.54) is 57.8 Å². The minimum atomic E-state index is 0.357. The van der Waals surface area contributed by atoms with Crippen molar-refractivity contribution in [2.45, 2.75) is 71.1 Å². The fraction of sp³-hybridized carbons (Fsp3) is 0.938. The predicted octanol–water partition coefficient (Wildman–Crippen LogP) is 3.90. The van der Waals surface area contributed by atoms with Crippen molar-refractivity contribution in [2.24, 2.45) is 17.8 Å². The smallest absolute Gasteiger partial charge is 0.223 e. The SMILES string of the molecule is CCCCCCCCNC(=O)[C@H]1C[C@@H]2CC[C@@H]1C2. The van der Waals surface area contributed by atoms with Crippen molar-refractivity contribution in [1.29, 1.82) is 0 Å². The van der Waals surface area contributed by atoms with Crippen molar-refractivity contribution in [1.82, 2.24) is 5.32 Å². The van der Waals surface area contributed by atoms with Gasteiger partial charge in [0.1, 0.15) is 0 Å². The van der Waals surface area contributed by atoms with E-state index in [0.717, 1.165) is 24.8 Å². The Labute approximate surface area is 112 Å². The summed E-state index contributed by atoms with van der Waals surface area (Å²) >= 11 is 0. The van der Waals surface area contributed by atoms with Gasteiger partial charge < -0.3 is 5.32 Å². The molecule has 2 aliphatic carbocycles. The van der Waals surface area contributed by atoms with Crippen molar-refractivity contribution >= 4 is 5.91 Å². The van der Waals surface area contributed by atoms with Gasteiger partial charge in [0.25, 0.3) is 0 Å². The molecule has 18 heavy (non-hydrogen) atoms. The third kappa shape index (κ3) is 3.73. The van der Waals surface area contributed by atoms with Gasteiger partial charge in [0.05, 0.1) is 0 Å². The minimum absolute atomic E-state index is 0.357. The van der Waals surface area contributed by atoms with E-state index in [2.05, 4.69) is 12.2 Å². The second-order valence-electron chi connectivity index (χ2n) is 6.34. The van der Waals surface area contributed by atoms with Gasteiger partial charge in [-0.3, -0.25) is 4.79 Å². The maximum absolute atomic E-state index is 12.1. The monoisotopic (exact) mass is 251 g/mol. The molecule has 0 aromatic carbocycles. The van der Waals surface area contributed by atoms with Gasteiger partial charge in [-0.05, 0) is 37.5 Å². The Morgan fingerprint density at radius 2 is 1.83 bits per heavy atom. The molecule has 0 aromatic rings. The van der Waals surface area contributed by atoms with Crippen LogP contribution < -0.4 is 5.32 Å². The highest BCUT2D eigenvalue weighted by atomic mass is 16.1. The molecule has 3 atom stereocenters. The molecule has 2 bridgehead atoms. The van der Waals surface area contributed by atoms with E-state index in [4.69, 9.17) is 0 Å². The Balaban J connectivity index is 1.50. The fourth-order valence-corrected chi connectivity index (χ4v) is 3.81. The number of rotatable bonds is 8. The van der Waals surface area contributed by atoms with Gasteiger partial charge in [0.2, 0.25) is 5.91 Å². The number of amides is 1. The molecule has 2 saturated carbocycles. The summed E-state index contributed by atoms with van der Waals surface area (Å²) in [6.45, 7) is 3.15. The number of hydrogen-bond donors (Lipinski definition) is 1. The first-order valence-corrected chi connectivity index (χ1v) is 8.09. The van der Waals surface area contributed by atoms with E-state index in [1.54, 1.807) is 0 Å². The zero-order chi connectivity index (χ0) is 12.8. The summed E-state index contributed by atoms with van der Waals surface area (Å²) in [5.74, 6) is 2.32. The highest BCUT2D eigenvalue weighted by Gasteiger charge is 2.42. The summed E-state index contributed by atoms with van der Waals surface area (Å²) in [4.78, 5) is 12.1. The normalized spacial score (nSPS) is 29.7. The number of carbonyl (C=O) groups excluding carboxylic acids is 1. The molecule has 1 N–H and O–H groups in total. The molecular formula is C16H29NO. The predicted molar refractivity (Wildman–Crippen MR) is 75.3 cm³/mol. The van der Waals surface area contributed by atoms with Crippen molar-refractivity contribution in [3.63, 3.8) is 0 Å². The summed E-state index contributed by atoms with van der Waals surface area (Å²) in [7, 11) is 0. The largest absolute Gasteiger partial charge is 0.356 e. The van der Waals surface area contributed by atoms with E-state index >= 15 is 0 Å². The first kappa shape index (κ1) is 13.9. The van der Waals surface area contributed by atoms with Crippen LogP contribution in [0.25, 0.3) is 0 Å². The maximum atomic E-state index is 12.1. The van der Waals surface area contributed by atoms with Crippen molar-refractivity contribution < 1.29 is 4.79 Å². The Morgan fingerprint density at radius 3 is 2.50 bits per heavy atom. The van der Waals surface area contributed by atoms with Crippen LogP contribution in [0.5, 0.6) is 0 Å². The van der Waals surface area contributed by atoms with Gasteiger partial charge in [-0.2, -0.15) is 0 Å². The number of fused-ring (bicyclic) bond motifs is 2. The first-order chi connectivity index (χ1) is 8.81. The molecule has 0 aromatic heterocycles. The van der Waals surface area contributed by atoms with Crippen molar-refractivity contribution in [3.8, 4) is 0 Å². The third-order valence-corrected chi connectivity index (χ3v) is 4.90. The molecule has 2 nitrogen and oxygen atoms in total. The Hall–Kier alpha value is -0.530. The molecule has 0 radical (unpaired) electrons. The minimum Gasteiger partial charge on any atom is -0.356 e. The van der Waals surface area contributed by atoms with Gasteiger partial charge >= 0.3 is 0 Å². The molecule has 0 spiro atoms. The van der Waals surface area contributed by atoms with E-state index < -0.39 is 0 Å².